The Balaban J connectivity index is 2.54. The molecule has 5 heteroatoms. The first-order valence-corrected chi connectivity index (χ1v) is 2.90. The van der Waals surface area contributed by atoms with Crippen LogP contribution in [-0.2, 0) is 4.79 Å². The van der Waals surface area contributed by atoms with E-state index in [0.29, 0.717) is 0 Å². The minimum absolute atomic E-state index is 0.00116. The molecule has 1 aliphatic heterocycles. The van der Waals surface area contributed by atoms with Crippen molar-refractivity contribution in [1.29, 1.82) is 0 Å². The first-order chi connectivity index (χ1) is 4.75. The first-order valence-electron chi connectivity index (χ1n) is 2.90. The molecule has 0 radical (unpaired) electrons. The lowest BCUT2D eigenvalue weighted by molar-refractivity contribution is -0.125. The number of amides is 3. The molecule has 4 nitrogen and oxygen atoms in total. The summed E-state index contributed by atoms with van der Waals surface area (Å²) >= 11 is 0. The number of nitrogens with zero attached hydrogens (tertiary/aromatic N) is 1. The predicted octanol–water partition coefficient (Wildman–Crippen LogP) is -0.492. The van der Waals surface area contributed by atoms with E-state index in [9.17, 15) is 14.0 Å². The van der Waals surface area contributed by atoms with Crippen LogP contribution in [0.3, 0.4) is 0 Å². The van der Waals surface area contributed by atoms with Crippen molar-refractivity contribution in [3.05, 3.63) is 0 Å². The van der Waals surface area contributed by atoms with Crippen molar-refractivity contribution in [3.63, 3.8) is 0 Å². The van der Waals surface area contributed by atoms with Gasteiger partial charge in [-0.1, -0.05) is 0 Å². The fraction of sp³-hybridized carbons (Fsp3) is 0.600. The van der Waals surface area contributed by atoms with E-state index in [0.717, 1.165) is 4.90 Å². The standard InChI is InChI=1S/C5H7FN2O2/c6-1-2-8-4(9)3-7-5(8)10/h1-3H2,(H,7,10). The zero-order chi connectivity index (χ0) is 7.56. The Bertz CT molecular complexity index is 155. The smallest absolute Gasteiger partial charge is 0.324 e. The summed E-state index contributed by atoms with van der Waals surface area (Å²) in [6.07, 6.45) is 0. The average molecular weight is 146 g/mol. The van der Waals surface area contributed by atoms with E-state index in [1.54, 1.807) is 0 Å². The van der Waals surface area contributed by atoms with Gasteiger partial charge in [-0.15, -0.1) is 0 Å². The number of carbonyl (C=O) groups is 2. The minimum Gasteiger partial charge on any atom is -0.329 e. The normalized spacial score (nSPS) is 17.9. The second-order valence-corrected chi connectivity index (χ2v) is 1.89. The topological polar surface area (TPSA) is 49.4 Å². The maximum atomic E-state index is 11.6. The van der Waals surface area contributed by atoms with Crippen LogP contribution >= 0.6 is 0 Å². The molecule has 0 aromatic rings. The summed E-state index contributed by atoms with van der Waals surface area (Å²) < 4.78 is 11.6. The highest BCUT2D eigenvalue weighted by atomic mass is 19.1. The Morgan fingerprint density at radius 2 is 2.30 bits per heavy atom. The van der Waals surface area contributed by atoms with Crippen LogP contribution < -0.4 is 5.32 Å². The van der Waals surface area contributed by atoms with E-state index in [-0.39, 0.29) is 19.0 Å². The zero-order valence-corrected chi connectivity index (χ0v) is 5.26. The Labute approximate surface area is 57.0 Å². The molecule has 1 saturated heterocycles. The number of imide groups is 1. The van der Waals surface area contributed by atoms with Gasteiger partial charge in [0.2, 0.25) is 5.91 Å². The van der Waals surface area contributed by atoms with Crippen molar-refractivity contribution < 1.29 is 14.0 Å². The number of rotatable bonds is 2. The second-order valence-electron chi connectivity index (χ2n) is 1.89. The van der Waals surface area contributed by atoms with Crippen LogP contribution in [0.5, 0.6) is 0 Å². The predicted molar refractivity (Wildman–Crippen MR) is 31.1 cm³/mol. The fourth-order valence-electron chi connectivity index (χ4n) is 0.766. The van der Waals surface area contributed by atoms with Crippen LogP contribution in [0.2, 0.25) is 0 Å². The molecule has 56 valence electrons. The Kier molecular flexibility index (Phi) is 1.84. The van der Waals surface area contributed by atoms with Crippen LogP contribution in [0.25, 0.3) is 0 Å². The van der Waals surface area contributed by atoms with E-state index in [1.807, 2.05) is 0 Å². The van der Waals surface area contributed by atoms with Crippen molar-refractivity contribution in [1.82, 2.24) is 10.2 Å². The maximum Gasteiger partial charge on any atom is 0.324 e. The van der Waals surface area contributed by atoms with E-state index in [1.165, 1.54) is 0 Å². The van der Waals surface area contributed by atoms with E-state index >= 15 is 0 Å². The summed E-state index contributed by atoms with van der Waals surface area (Å²) in [6, 6.07) is -0.498. The zero-order valence-electron chi connectivity index (χ0n) is 5.26. The molecule has 0 aromatic heterocycles. The highest BCUT2D eigenvalue weighted by Gasteiger charge is 2.27. The fourth-order valence-corrected chi connectivity index (χ4v) is 0.766. The minimum atomic E-state index is -0.681. The summed E-state index contributed by atoms with van der Waals surface area (Å²) in [5, 5.41) is 2.27. The van der Waals surface area contributed by atoms with E-state index in [2.05, 4.69) is 5.32 Å². The van der Waals surface area contributed by atoms with Gasteiger partial charge in [-0.05, 0) is 0 Å². The molecule has 0 unspecified atom stereocenters. The van der Waals surface area contributed by atoms with Crippen LogP contribution in [0, 0.1) is 0 Å². The number of carbonyl (C=O) groups excluding carboxylic acids is 2. The van der Waals surface area contributed by atoms with Gasteiger partial charge in [0, 0.05) is 0 Å². The highest BCUT2D eigenvalue weighted by Crippen LogP contribution is 1.97. The molecule has 1 heterocycles. The first kappa shape index (κ1) is 6.98. The summed E-state index contributed by atoms with van der Waals surface area (Å²) in [5.74, 6) is -0.359. The molecule has 10 heavy (non-hydrogen) atoms. The van der Waals surface area contributed by atoms with Crippen molar-refractivity contribution in [2.45, 2.75) is 0 Å². The van der Waals surface area contributed by atoms with Crippen molar-refractivity contribution in [3.8, 4) is 0 Å². The van der Waals surface area contributed by atoms with Gasteiger partial charge in [-0.25, -0.2) is 9.18 Å². The van der Waals surface area contributed by atoms with Crippen molar-refractivity contribution in [2.24, 2.45) is 0 Å². The van der Waals surface area contributed by atoms with Crippen LogP contribution in [-0.4, -0.2) is 36.6 Å². The number of hydrogen-bond donors (Lipinski definition) is 1. The van der Waals surface area contributed by atoms with Gasteiger partial charge >= 0.3 is 6.03 Å². The molecule has 1 aliphatic rings. The Morgan fingerprint density at radius 1 is 1.60 bits per heavy atom. The maximum absolute atomic E-state index is 11.6. The largest absolute Gasteiger partial charge is 0.329 e. The number of urea groups is 1. The third-order valence-corrected chi connectivity index (χ3v) is 1.25. The van der Waals surface area contributed by atoms with Crippen LogP contribution in [0.4, 0.5) is 9.18 Å². The van der Waals surface area contributed by atoms with Gasteiger partial charge < -0.3 is 5.32 Å². The quantitative estimate of drug-likeness (QED) is 0.534. The van der Waals surface area contributed by atoms with Crippen molar-refractivity contribution in [2.75, 3.05) is 19.8 Å². The monoisotopic (exact) mass is 146 g/mol. The molecular weight excluding hydrogens is 139 g/mol. The van der Waals surface area contributed by atoms with Gasteiger partial charge in [0.05, 0.1) is 13.1 Å². The van der Waals surface area contributed by atoms with E-state index < -0.39 is 12.7 Å². The SMILES string of the molecule is O=C1CNC(=O)N1CCF. The molecule has 0 saturated carbocycles. The highest BCUT2D eigenvalue weighted by molar-refractivity contribution is 6.01. The van der Waals surface area contributed by atoms with Crippen molar-refractivity contribution >= 4 is 11.9 Å². The summed E-state index contributed by atoms with van der Waals surface area (Å²) in [4.78, 5) is 22.1. The van der Waals surface area contributed by atoms with Gasteiger partial charge in [0.1, 0.15) is 6.67 Å². The van der Waals surface area contributed by atoms with Gasteiger partial charge in [0.25, 0.3) is 0 Å². The second kappa shape index (κ2) is 2.64. The molecule has 1 N–H and O–H groups in total. The van der Waals surface area contributed by atoms with Crippen LogP contribution in [0.15, 0.2) is 0 Å². The number of halogens is 1. The number of alkyl halides is 1. The summed E-state index contributed by atoms with van der Waals surface area (Å²) in [5.41, 5.74) is 0. The van der Waals surface area contributed by atoms with E-state index in [4.69, 9.17) is 0 Å². The molecule has 0 atom stereocenters. The molecule has 0 aromatic carbocycles. The van der Waals surface area contributed by atoms with Gasteiger partial charge in [-0.3, -0.25) is 9.69 Å². The lowest BCUT2D eigenvalue weighted by atomic mass is 10.5. The molecule has 3 amide bonds. The summed E-state index contributed by atoms with van der Waals surface area (Å²) in [6.45, 7) is -0.817. The number of nitrogens with one attached hydrogen (secondary N) is 1. The molecule has 0 spiro atoms. The molecule has 0 aliphatic carbocycles. The lowest BCUT2D eigenvalue weighted by Crippen LogP contribution is -2.32. The van der Waals surface area contributed by atoms with Crippen LogP contribution in [0.1, 0.15) is 0 Å². The third-order valence-electron chi connectivity index (χ3n) is 1.25. The average Bonchev–Trinajstić information content (AvgIpc) is 2.20. The van der Waals surface area contributed by atoms with Gasteiger partial charge in [0.15, 0.2) is 0 Å². The molecule has 0 bridgehead atoms. The number of hydrogen-bond acceptors (Lipinski definition) is 2. The summed E-state index contributed by atoms with van der Waals surface area (Å²) in [7, 11) is 0. The third kappa shape index (κ3) is 1.07. The lowest BCUT2D eigenvalue weighted by Gasteiger charge is -2.07. The Morgan fingerprint density at radius 3 is 2.70 bits per heavy atom. The molecular formula is C5H7FN2O2. The Hall–Kier alpha value is -1.13. The van der Waals surface area contributed by atoms with Gasteiger partial charge in [-0.2, -0.15) is 0 Å². The molecule has 1 fully saturated rings. The molecule has 1 rings (SSSR count).